The number of carbonyl (C=O) groups is 1. The number of carbonyl (C=O) groups excluding carboxylic acids is 1. The van der Waals surface area contributed by atoms with Crippen LogP contribution in [-0.4, -0.2) is 5.78 Å². The SMILES string of the molecule is CCc1ccc(CC)c(C(=O)c2cc(N)c(Cl)c(Cl)c2)c1. The Morgan fingerprint density at radius 1 is 1.10 bits per heavy atom. The summed E-state index contributed by atoms with van der Waals surface area (Å²) in [7, 11) is 0. The summed E-state index contributed by atoms with van der Waals surface area (Å²) in [6.45, 7) is 4.09. The predicted octanol–water partition coefficient (Wildman–Crippen LogP) is 4.93. The standard InChI is InChI=1S/C17H17Cl2NO/c1-3-10-5-6-11(4-2)13(7-10)17(21)12-8-14(18)16(19)15(20)9-12/h5-9H,3-4,20H2,1-2H3. The molecule has 2 aromatic rings. The number of nitrogen functional groups attached to an aromatic ring is 1. The van der Waals surface area contributed by atoms with E-state index in [2.05, 4.69) is 13.0 Å². The van der Waals surface area contributed by atoms with Crippen molar-refractivity contribution in [1.82, 2.24) is 0 Å². The van der Waals surface area contributed by atoms with Gasteiger partial charge in [-0.2, -0.15) is 0 Å². The van der Waals surface area contributed by atoms with Gasteiger partial charge in [-0.05, 0) is 42.2 Å². The normalized spacial score (nSPS) is 10.7. The second kappa shape index (κ2) is 6.50. The highest BCUT2D eigenvalue weighted by Crippen LogP contribution is 2.30. The molecule has 0 unspecified atom stereocenters. The molecule has 2 aromatic carbocycles. The highest BCUT2D eigenvalue weighted by molar-refractivity contribution is 6.44. The van der Waals surface area contributed by atoms with Crippen LogP contribution in [0.3, 0.4) is 0 Å². The molecular weight excluding hydrogens is 305 g/mol. The first-order valence-corrected chi connectivity index (χ1v) is 7.64. The minimum atomic E-state index is -0.0765. The summed E-state index contributed by atoms with van der Waals surface area (Å²) < 4.78 is 0. The Kier molecular flexibility index (Phi) is 4.92. The summed E-state index contributed by atoms with van der Waals surface area (Å²) in [5.41, 5.74) is 9.42. The molecule has 0 aliphatic heterocycles. The lowest BCUT2D eigenvalue weighted by atomic mass is 9.94. The number of aryl methyl sites for hydroxylation is 2. The maximum absolute atomic E-state index is 12.8. The third-order valence-corrected chi connectivity index (χ3v) is 4.34. The average Bonchev–Trinajstić information content (AvgIpc) is 2.50. The van der Waals surface area contributed by atoms with Crippen molar-refractivity contribution in [3.63, 3.8) is 0 Å². The number of hydrogen-bond acceptors (Lipinski definition) is 2. The third kappa shape index (κ3) is 3.22. The molecule has 0 aromatic heterocycles. The number of halogens is 2. The first kappa shape index (κ1) is 15.9. The molecule has 0 aliphatic rings. The van der Waals surface area contributed by atoms with Crippen molar-refractivity contribution in [2.45, 2.75) is 26.7 Å². The largest absolute Gasteiger partial charge is 0.397 e. The molecule has 2 nitrogen and oxygen atoms in total. The van der Waals surface area contributed by atoms with Crippen molar-refractivity contribution in [3.05, 3.63) is 62.6 Å². The number of benzene rings is 2. The van der Waals surface area contributed by atoms with E-state index in [-0.39, 0.29) is 10.8 Å². The summed E-state index contributed by atoms with van der Waals surface area (Å²) in [6, 6.07) is 9.15. The Balaban J connectivity index is 2.54. The van der Waals surface area contributed by atoms with E-state index in [1.54, 1.807) is 12.1 Å². The van der Waals surface area contributed by atoms with Gasteiger partial charge in [0.2, 0.25) is 0 Å². The zero-order valence-electron chi connectivity index (χ0n) is 12.0. The molecule has 0 aliphatic carbocycles. The number of ketones is 1. The molecule has 0 radical (unpaired) electrons. The van der Waals surface area contributed by atoms with Crippen molar-refractivity contribution in [2.75, 3.05) is 5.73 Å². The van der Waals surface area contributed by atoms with Gasteiger partial charge in [-0.1, -0.05) is 49.2 Å². The molecule has 21 heavy (non-hydrogen) atoms. The van der Waals surface area contributed by atoms with Gasteiger partial charge in [0.1, 0.15) is 0 Å². The average molecular weight is 322 g/mol. The molecule has 2 N–H and O–H groups in total. The van der Waals surface area contributed by atoms with Crippen LogP contribution in [0.4, 0.5) is 5.69 Å². The molecule has 0 bridgehead atoms. The van der Waals surface area contributed by atoms with Crippen molar-refractivity contribution in [2.24, 2.45) is 0 Å². The molecule has 0 amide bonds. The van der Waals surface area contributed by atoms with Crippen LogP contribution in [0.2, 0.25) is 10.0 Å². The van der Waals surface area contributed by atoms with Crippen LogP contribution in [0.15, 0.2) is 30.3 Å². The van der Waals surface area contributed by atoms with Crippen LogP contribution in [0.25, 0.3) is 0 Å². The van der Waals surface area contributed by atoms with Crippen LogP contribution in [0.1, 0.15) is 40.9 Å². The minimum absolute atomic E-state index is 0.0765. The lowest BCUT2D eigenvalue weighted by Crippen LogP contribution is -2.07. The molecule has 2 rings (SSSR count). The van der Waals surface area contributed by atoms with Gasteiger partial charge in [-0.15, -0.1) is 0 Å². The highest BCUT2D eigenvalue weighted by Gasteiger charge is 2.16. The van der Waals surface area contributed by atoms with Crippen LogP contribution >= 0.6 is 23.2 Å². The summed E-state index contributed by atoms with van der Waals surface area (Å²) in [6.07, 6.45) is 1.68. The Labute approximate surface area is 134 Å². The monoisotopic (exact) mass is 321 g/mol. The zero-order chi connectivity index (χ0) is 15.6. The maximum atomic E-state index is 12.8. The van der Waals surface area contributed by atoms with Gasteiger partial charge in [0, 0.05) is 11.1 Å². The van der Waals surface area contributed by atoms with E-state index in [0.29, 0.717) is 21.8 Å². The van der Waals surface area contributed by atoms with E-state index in [4.69, 9.17) is 28.9 Å². The Bertz CT molecular complexity index is 672. The second-order valence-electron chi connectivity index (χ2n) is 4.89. The van der Waals surface area contributed by atoms with Gasteiger partial charge in [0.05, 0.1) is 15.7 Å². The third-order valence-electron chi connectivity index (χ3n) is 3.53. The number of hydrogen-bond donors (Lipinski definition) is 1. The Morgan fingerprint density at radius 3 is 2.38 bits per heavy atom. The van der Waals surface area contributed by atoms with Gasteiger partial charge >= 0.3 is 0 Å². The first-order chi connectivity index (χ1) is 9.97. The minimum Gasteiger partial charge on any atom is -0.397 e. The highest BCUT2D eigenvalue weighted by atomic mass is 35.5. The molecule has 0 atom stereocenters. The number of nitrogens with two attached hydrogens (primary N) is 1. The number of rotatable bonds is 4. The van der Waals surface area contributed by atoms with E-state index >= 15 is 0 Å². The predicted molar refractivity (Wildman–Crippen MR) is 89.5 cm³/mol. The smallest absolute Gasteiger partial charge is 0.193 e. The van der Waals surface area contributed by atoms with E-state index < -0.39 is 0 Å². The summed E-state index contributed by atoms with van der Waals surface area (Å²) in [5.74, 6) is -0.0765. The van der Waals surface area contributed by atoms with Crippen LogP contribution in [-0.2, 0) is 12.8 Å². The quantitative estimate of drug-likeness (QED) is 0.640. The molecular formula is C17H17Cl2NO. The lowest BCUT2D eigenvalue weighted by Gasteiger charge is -2.11. The summed E-state index contributed by atoms with van der Waals surface area (Å²) in [4.78, 5) is 12.8. The van der Waals surface area contributed by atoms with Crippen molar-refractivity contribution < 1.29 is 4.79 Å². The topological polar surface area (TPSA) is 43.1 Å². The van der Waals surface area contributed by atoms with E-state index in [1.807, 2.05) is 19.1 Å². The summed E-state index contributed by atoms with van der Waals surface area (Å²) in [5, 5.41) is 0.580. The lowest BCUT2D eigenvalue weighted by molar-refractivity contribution is 0.103. The van der Waals surface area contributed by atoms with Gasteiger partial charge in [-0.25, -0.2) is 0 Å². The van der Waals surface area contributed by atoms with Crippen molar-refractivity contribution >= 4 is 34.7 Å². The van der Waals surface area contributed by atoms with Gasteiger partial charge in [-0.3, -0.25) is 4.79 Å². The zero-order valence-corrected chi connectivity index (χ0v) is 13.6. The van der Waals surface area contributed by atoms with Crippen LogP contribution in [0, 0.1) is 0 Å². The molecule has 4 heteroatoms. The first-order valence-electron chi connectivity index (χ1n) is 6.88. The van der Waals surface area contributed by atoms with E-state index in [1.165, 1.54) is 0 Å². The molecule has 0 saturated carbocycles. The number of anilines is 1. The molecule has 0 fully saturated rings. The van der Waals surface area contributed by atoms with E-state index in [9.17, 15) is 4.79 Å². The molecule has 0 spiro atoms. The summed E-state index contributed by atoms with van der Waals surface area (Å²) >= 11 is 12.0. The Morgan fingerprint density at radius 2 is 1.81 bits per heavy atom. The fraction of sp³-hybridized carbons (Fsp3) is 0.235. The van der Waals surface area contributed by atoms with Crippen LogP contribution < -0.4 is 5.73 Å². The van der Waals surface area contributed by atoms with Gasteiger partial charge < -0.3 is 5.73 Å². The fourth-order valence-electron chi connectivity index (χ4n) is 2.26. The molecule has 0 heterocycles. The van der Waals surface area contributed by atoms with Gasteiger partial charge in [0.15, 0.2) is 5.78 Å². The van der Waals surface area contributed by atoms with Crippen LogP contribution in [0.5, 0.6) is 0 Å². The van der Waals surface area contributed by atoms with Crippen molar-refractivity contribution in [3.8, 4) is 0 Å². The van der Waals surface area contributed by atoms with Crippen molar-refractivity contribution in [1.29, 1.82) is 0 Å². The second-order valence-corrected chi connectivity index (χ2v) is 5.67. The Hall–Kier alpha value is -1.51. The maximum Gasteiger partial charge on any atom is 0.193 e. The fourth-order valence-corrected chi connectivity index (χ4v) is 2.60. The molecule has 110 valence electrons. The molecule has 0 saturated heterocycles. The van der Waals surface area contributed by atoms with E-state index in [0.717, 1.165) is 24.0 Å². The van der Waals surface area contributed by atoms with Gasteiger partial charge in [0.25, 0.3) is 0 Å².